The van der Waals surface area contributed by atoms with E-state index in [9.17, 15) is 4.79 Å². The normalized spacial score (nSPS) is 13.8. The van der Waals surface area contributed by atoms with E-state index in [1.165, 1.54) is 10.5 Å². The van der Waals surface area contributed by atoms with Gasteiger partial charge in [-0.25, -0.2) is 4.79 Å². The molecule has 5 nitrogen and oxygen atoms in total. The average Bonchev–Trinajstić information content (AvgIpc) is 3.08. The largest absolute Gasteiger partial charge is 0.493 e. The van der Waals surface area contributed by atoms with Gasteiger partial charge in [0, 0.05) is 19.2 Å². The minimum Gasteiger partial charge on any atom is -0.493 e. The first-order valence-corrected chi connectivity index (χ1v) is 8.09. The van der Waals surface area contributed by atoms with E-state index in [0.717, 1.165) is 35.6 Å². The molecule has 2 aromatic rings. The number of fused-ring (bicyclic) bond motifs is 1. The molecule has 5 heteroatoms. The zero-order valence-corrected chi connectivity index (χ0v) is 14.0. The second kappa shape index (κ2) is 6.93. The number of carbonyl (C=O) groups excluding carboxylic acids is 1. The van der Waals surface area contributed by atoms with Crippen molar-refractivity contribution in [3.63, 3.8) is 0 Å². The molecule has 0 unspecified atom stereocenters. The molecule has 0 aromatic heterocycles. The molecule has 2 N–H and O–H groups in total. The summed E-state index contributed by atoms with van der Waals surface area (Å²) in [5.74, 6) is 0.961. The molecule has 3 rings (SSSR count). The fraction of sp³-hybridized carbons (Fsp3) is 0.316. The summed E-state index contributed by atoms with van der Waals surface area (Å²) in [7, 11) is 1.67. The molecular formula is C19H22N2O3. The standard InChI is InChI=1S/C19H22N2O3/c1-13(12-22)21(2)19(23)20-17-5-3-4-14(11-17)15-6-7-18-16(10-15)8-9-24-18/h3-7,10-11,13,22H,8-9,12H2,1-2H3,(H,20,23)/t13-/m0/s1. The third-order valence-corrected chi connectivity index (χ3v) is 4.38. The Balaban J connectivity index is 1.78. The van der Waals surface area contributed by atoms with Crippen LogP contribution in [0.2, 0.25) is 0 Å². The minimum absolute atomic E-state index is 0.0683. The minimum atomic E-state index is -0.240. The van der Waals surface area contributed by atoms with Crippen molar-refractivity contribution in [2.45, 2.75) is 19.4 Å². The quantitative estimate of drug-likeness (QED) is 0.907. The number of likely N-dealkylation sites (N-methyl/N-ethyl adjacent to an activating group) is 1. The molecule has 2 amide bonds. The van der Waals surface area contributed by atoms with Crippen molar-refractivity contribution in [3.8, 4) is 16.9 Å². The maximum absolute atomic E-state index is 12.2. The molecule has 1 aliphatic rings. The van der Waals surface area contributed by atoms with E-state index in [0.29, 0.717) is 0 Å². The van der Waals surface area contributed by atoms with Crippen LogP contribution < -0.4 is 10.1 Å². The third-order valence-electron chi connectivity index (χ3n) is 4.38. The van der Waals surface area contributed by atoms with Crippen molar-refractivity contribution < 1.29 is 14.6 Å². The summed E-state index contributed by atoms with van der Waals surface area (Å²) in [5, 5.41) is 12.0. The third kappa shape index (κ3) is 3.36. The molecule has 0 bridgehead atoms. The fourth-order valence-corrected chi connectivity index (χ4v) is 2.68. The fourth-order valence-electron chi connectivity index (χ4n) is 2.68. The first-order chi connectivity index (χ1) is 11.6. The maximum atomic E-state index is 12.2. The number of hydrogen-bond acceptors (Lipinski definition) is 3. The molecule has 126 valence electrons. The zero-order chi connectivity index (χ0) is 17.1. The van der Waals surface area contributed by atoms with E-state index in [-0.39, 0.29) is 18.7 Å². The van der Waals surface area contributed by atoms with Gasteiger partial charge in [0.05, 0.1) is 19.3 Å². The molecule has 0 radical (unpaired) electrons. The summed E-state index contributed by atoms with van der Waals surface area (Å²) in [5.41, 5.74) is 4.09. The van der Waals surface area contributed by atoms with Crippen LogP contribution in [0.5, 0.6) is 5.75 Å². The van der Waals surface area contributed by atoms with E-state index in [1.807, 2.05) is 36.4 Å². The molecule has 0 spiro atoms. The number of benzene rings is 2. The lowest BCUT2D eigenvalue weighted by atomic mass is 10.0. The van der Waals surface area contributed by atoms with Crippen LogP contribution in [0, 0.1) is 0 Å². The summed E-state index contributed by atoms with van der Waals surface area (Å²) in [6.45, 7) is 2.47. The van der Waals surface area contributed by atoms with Gasteiger partial charge in [-0.2, -0.15) is 0 Å². The van der Waals surface area contributed by atoms with Crippen LogP contribution in [-0.4, -0.2) is 42.3 Å². The van der Waals surface area contributed by atoms with Gasteiger partial charge in [-0.1, -0.05) is 18.2 Å². The Morgan fingerprint density at radius 2 is 2.08 bits per heavy atom. The van der Waals surface area contributed by atoms with Crippen molar-refractivity contribution >= 4 is 11.7 Å². The van der Waals surface area contributed by atoms with Gasteiger partial charge < -0.3 is 20.1 Å². The highest BCUT2D eigenvalue weighted by Crippen LogP contribution is 2.31. The highest BCUT2D eigenvalue weighted by atomic mass is 16.5. The number of hydrogen-bond donors (Lipinski definition) is 2. The van der Waals surface area contributed by atoms with Crippen LogP contribution in [0.25, 0.3) is 11.1 Å². The second-order valence-electron chi connectivity index (χ2n) is 6.07. The summed E-state index contributed by atoms with van der Waals surface area (Å²) in [6.07, 6.45) is 0.934. The van der Waals surface area contributed by atoms with Gasteiger partial charge in [0.2, 0.25) is 0 Å². The predicted molar refractivity (Wildman–Crippen MR) is 94.4 cm³/mol. The first-order valence-electron chi connectivity index (χ1n) is 8.09. The van der Waals surface area contributed by atoms with E-state index < -0.39 is 0 Å². The Labute approximate surface area is 141 Å². The number of aliphatic hydroxyl groups excluding tert-OH is 1. The lowest BCUT2D eigenvalue weighted by molar-refractivity contribution is 0.166. The van der Waals surface area contributed by atoms with Crippen molar-refractivity contribution in [3.05, 3.63) is 48.0 Å². The summed E-state index contributed by atoms with van der Waals surface area (Å²) in [4.78, 5) is 13.7. The molecule has 2 aromatic carbocycles. The van der Waals surface area contributed by atoms with Crippen molar-refractivity contribution in [2.24, 2.45) is 0 Å². The SMILES string of the molecule is C[C@@H](CO)N(C)C(=O)Nc1cccc(-c2ccc3c(c2)CCO3)c1. The molecule has 0 aliphatic carbocycles. The van der Waals surface area contributed by atoms with Gasteiger partial charge in [-0.15, -0.1) is 0 Å². The van der Waals surface area contributed by atoms with Crippen LogP contribution in [0.3, 0.4) is 0 Å². The number of nitrogens with one attached hydrogen (secondary N) is 1. The van der Waals surface area contributed by atoms with Crippen LogP contribution in [-0.2, 0) is 6.42 Å². The Morgan fingerprint density at radius 1 is 1.29 bits per heavy atom. The number of aliphatic hydroxyl groups is 1. The van der Waals surface area contributed by atoms with Gasteiger partial charge in [-0.05, 0) is 47.9 Å². The number of anilines is 1. The van der Waals surface area contributed by atoms with Gasteiger partial charge in [0.15, 0.2) is 0 Å². The zero-order valence-electron chi connectivity index (χ0n) is 14.0. The van der Waals surface area contributed by atoms with Crippen LogP contribution in [0.4, 0.5) is 10.5 Å². The van der Waals surface area contributed by atoms with Gasteiger partial charge in [0.1, 0.15) is 5.75 Å². The Bertz CT molecular complexity index is 745. The predicted octanol–water partition coefficient (Wildman–Crippen LogP) is 3.13. The molecule has 24 heavy (non-hydrogen) atoms. The number of carbonyl (C=O) groups is 1. The van der Waals surface area contributed by atoms with Crippen LogP contribution in [0.1, 0.15) is 12.5 Å². The van der Waals surface area contributed by atoms with E-state index in [4.69, 9.17) is 9.84 Å². The molecule has 1 atom stereocenters. The highest BCUT2D eigenvalue weighted by molar-refractivity contribution is 5.90. The van der Waals surface area contributed by atoms with Crippen molar-refractivity contribution in [1.82, 2.24) is 4.90 Å². The molecule has 0 saturated heterocycles. The molecule has 0 fully saturated rings. The van der Waals surface area contributed by atoms with Gasteiger partial charge >= 0.3 is 6.03 Å². The molecule has 0 saturated carbocycles. The molecular weight excluding hydrogens is 304 g/mol. The first kappa shape index (κ1) is 16.3. The van der Waals surface area contributed by atoms with Gasteiger partial charge in [-0.3, -0.25) is 0 Å². The summed E-state index contributed by atoms with van der Waals surface area (Å²) >= 11 is 0. The lowest BCUT2D eigenvalue weighted by Gasteiger charge is -2.23. The lowest BCUT2D eigenvalue weighted by Crippen LogP contribution is -2.40. The Hall–Kier alpha value is -2.53. The Morgan fingerprint density at radius 3 is 2.88 bits per heavy atom. The van der Waals surface area contributed by atoms with Crippen LogP contribution in [0.15, 0.2) is 42.5 Å². The number of amides is 2. The van der Waals surface area contributed by atoms with Gasteiger partial charge in [0.25, 0.3) is 0 Å². The van der Waals surface area contributed by atoms with Crippen molar-refractivity contribution in [2.75, 3.05) is 25.6 Å². The molecule has 1 heterocycles. The highest BCUT2D eigenvalue weighted by Gasteiger charge is 2.16. The number of nitrogens with zero attached hydrogens (tertiary/aromatic N) is 1. The second-order valence-corrected chi connectivity index (χ2v) is 6.07. The number of urea groups is 1. The number of rotatable bonds is 4. The topological polar surface area (TPSA) is 61.8 Å². The maximum Gasteiger partial charge on any atom is 0.321 e. The smallest absolute Gasteiger partial charge is 0.321 e. The molecule has 1 aliphatic heterocycles. The van der Waals surface area contributed by atoms with Crippen LogP contribution >= 0.6 is 0 Å². The van der Waals surface area contributed by atoms with E-state index >= 15 is 0 Å². The Kier molecular flexibility index (Phi) is 4.71. The summed E-state index contributed by atoms with van der Waals surface area (Å²) < 4.78 is 5.54. The monoisotopic (exact) mass is 326 g/mol. The van der Waals surface area contributed by atoms with Crippen molar-refractivity contribution in [1.29, 1.82) is 0 Å². The average molecular weight is 326 g/mol. The van der Waals surface area contributed by atoms with E-state index in [2.05, 4.69) is 11.4 Å². The van der Waals surface area contributed by atoms with E-state index in [1.54, 1.807) is 14.0 Å². The summed E-state index contributed by atoms with van der Waals surface area (Å²) in [6, 6.07) is 13.5. The number of ether oxygens (including phenoxy) is 1.